The van der Waals surface area contributed by atoms with E-state index in [0.29, 0.717) is 16.1 Å². The average Bonchev–Trinajstić information content (AvgIpc) is 2.65. The summed E-state index contributed by atoms with van der Waals surface area (Å²) in [5, 5.41) is 4.58. The molecule has 0 radical (unpaired) electrons. The summed E-state index contributed by atoms with van der Waals surface area (Å²) in [4.78, 5) is 2.30. The zero-order valence-electron chi connectivity index (χ0n) is 8.93. The van der Waals surface area contributed by atoms with Crippen LogP contribution < -0.4 is 5.32 Å². The highest BCUT2D eigenvalue weighted by Gasteiger charge is 2.20. The first-order chi connectivity index (χ1) is 7.58. The third-order valence-corrected chi connectivity index (χ3v) is 4.56. The molecule has 1 aromatic carbocycles. The van der Waals surface area contributed by atoms with E-state index in [9.17, 15) is 0 Å². The molecule has 0 saturated carbocycles. The predicted molar refractivity (Wildman–Crippen MR) is 73.7 cm³/mol. The minimum Gasteiger partial charge on any atom is -0.380 e. The molecular weight excluding hydrogens is 311 g/mol. The van der Waals surface area contributed by atoms with Crippen molar-refractivity contribution in [2.75, 3.05) is 25.5 Å². The molecular formula is C11H13BrCl2N2. The number of nitrogens with zero attached hydrogens (tertiary/aromatic N) is 1. The molecule has 2 nitrogen and oxygen atoms in total. The molecule has 16 heavy (non-hydrogen) atoms. The van der Waals surface area contributed by atoms with Gasteiger partial charge in [-0.3, -0.25) is 0 Å². The van der Waals surface area contributed by atoms with Gasteiger partial charge in [-0.05, 0) is 48.1 Å². The summed E-state index contributed by atoms with van der Waals surface area (Å²) in [5.74, 6) is 0. The van der Waals surface area contributed by atoms with E-state index in [-0.39, 0.29) is 0 Å². The highest BCUT2D eigenvalue weighted by molar-refractivity contribution is 9.10. The maximum Gasteiger partial charge on any atom is 0.0835 e. The van der Waals surface area contributed by atoms with E-state index in [2.05, 4.69) is 33.2 Å². The molecule has 88 valence electrons. The standard InChI is InChI=1S/C11H13BrCl2N2/c1-16-5-4-7(6-16)15-9-3-2-8(12)10(13)11(9)14/h2-3,7,15H,4-6H2,1H3. The van der Waals surface area contributed by atoms with Crippen LogP contribution in [0.3, 0.4) is 0 Å². The lowest BCUT2D eigenvalue weighted by Gasteiger charge is -2.16. The van der Waals surface area contributed by atoms with Crippen molar-refractivity contribution in [3.05, 3.63) is 26.7 Å². The van der Waals surface area contributed by atoms with Crippen LogP contribution in [0.1, 0.15) is 6.42 Å². The van der Waals surface area contributed by atoms with Gasteiger partial charge in [-0.1, -0.05) is 23.2 Å². The summed E-state index contributed by atoms with van der Waals surface area (Å²) < 4.78 is 0.827. The van der Waals surface area contributed by atoms with Crippen molar-refractivity contribution >= 4 is 44.8 Å². The van der Waals surface area contributed by atoms with Gasteiger partial charge in [-0.2, -0.15) is 0 Å². The molecule has 0 aromatic heterocycles. The second-order valence-corrected chi connectivity index (χ2v) is 5.73. The van der Waals surface area contributed by atoms with Gasteiger partial charge in [0.2, 0.25) is 0 Å². The molecule has 2 rings (SSSR count). The number of anilines is 1. The third kappa shape index (κ3) is 2.65. The molecule has 1 fully saturated rings. The van der Waals surface area contributed by atoms with E-state index in [0.717, 1.165) is 29.7 Å². The summed E-state index contributed by atoms with van der Waals surface area (Å²) in [6, 6.07) is 4.32. The van der Waals surface area contributed by atoms with E-state index in [1.807, 2.05) is 12.1 Å². The van der Waals surface area contributed by atoms with Gasteiger partial charge in [0.15, 0.2) is 0 Å². The minimum absolute atomic E-state index is 0.458. The van der Waals surface area contributed by atoms with E-state index >= 15 is 0 Å². The maximum atomic E-state index is 6.18. The van der Waals surface area contributed by atoms with Crippen molar-refractivity contribution in [1.29, 1.82) is 0 Å². The van der Waals surface area contributed by atoms with Crippen LogP contribution in [0.5, 0.6) is 0 Å². The third-order valence-electron chi connectivity index (χ3n) is 2.79. The molecule has 1 heterocycles. The van der Waals surface area contributed by atoms with Crippen LogP contribution in [-0.2, 0) is 0 Å². The van der Waals surface area contributed by atoms with E-state index in [4.69, 9.17) is 23.2 Å². The van der Waals surface area contributed by atoms with Crippen molar-refractivity contribution < 1.29 is 0 Å². The van der Waals surface area contributed by atoms with Crippen LogP contribution in [0.25, 0.3) is 0 Å². The Balaban J connectivity index is 2.13. The van der Waals surface area contributed by atoms with Crippen LogP contribution in [-0.4, -0.2) is 31.1 Å². The zero-order chi connectivity index (χ0) is 11.7. The second-order valence-electron chi connectivity index (χ2n) is 4.12. The van der Waals surface area contributed by atoms with Crippen LogP contribution in [0.4, 0.5) is 5.69 Å². The molecule has 1 aliphatic heterocycles. The Hall–Kier alpha value is 0.0400. The lowest BCUT2D eigenvalue weighted by molar-refractivity contribution is 0.414. The first kappa shape index (κ1) is 12.5. The van der Waals surface area contributed by atoms with Gasteiger partial charge in [0.25, 0.3) is 0 Å². The number of hydrogen-bond donors (Lipinski definition) is 1. The first-order valence-corrected chi connectivity index (χ1v) is 6.71. The van der Waals surface area contributed by atoms with Gasteiger partial charge < -0.3 is 10.2 Å². The molecule has 0 aliphatic carbocycles. The summed E-state index contributed by atoms with van der Waals surface area (Å²) in [6.07, 6.45) is 1.14. The Bertz CT molecular complexity index is 398. The number of nitrogens with one attached hydrogen (secondary N) is 1. The molecule has 1 aliphatic rings. The van der Waals surface area contributed by atoms with Crippen LogP contribution in [0.2, 0.25) is 10.0 Å². The molecule has 1 unspecified atom stereocenters. The van der Waals surface area contributed by atoms with Gasteiger partial charge >= 0.3 is 0 Å². The fourth-order valence-electron chi connectivity index (χ4n) is 1.91. The summed E-state index contributed by atoms with van der Waals surface area (Å²) >= 11 is 15.6. The lowest BCUT2D eigenvalue weighted by atomic mass is 10.2. The number of rotatable bonds is 2. The van der Waals surface area contributed by atoms with E-state index in [1.54, 1.807) is 0 Å². The number of benzene rings is 1. The quantitative estimate of drug-likeness (QED) is 0.831. The van der Waals surface area contributed by atoms with Crippen LogP contribution >= 0.6 is 39.1 Å². The molecule has 0 bridgehead atoms. The van der Waals surface area contributed by atoms with Crippen LogP contribution in [0.15, 0.2) is 16.6 Å². The van der Waals surface area contributed by atoms with Gasteiger partial charge in [-0.25, -0.2) is 0 Å². The minimum atomic E-state index is 0.458. The Labute approximate surface area is 114 Å². The molecule has 1 atom stereocenters. The Kier molecular flexibility index (Phi) is 4.01. The molecule has 0 amide bonds. The predicted octanol–water partition coefficient (Wildman–Crippen LogP) is 3.87. The number of likely N-dealkylation sites (tertiary alicyclic amines) is 1. The Morgan fingerprint density at radius 3 is 2.75 bits per heavy atom. The van der Waals surface area contributed by atoms with Gasteiger partial charge in [0.1, 0.15) is 0 Å². The second kappa shape index (κ2) is 5.13. The lowest BCUT2D eigenvalue weighted by Crippen LogP contribution is -2.23. The first-order valence-electron chi connectivity index (χ1n) is 5.16. The van der Waals surface area contributed by atoms with E-state index < -0.39 is 0 Å². The Morgan fingerprint density at radius 2 is 2.12 bits per heavy atom. The van der Waals surface area contributed by atoms with Crippen molar-refractivity contribution in [2.45, 2.75) is 12.5 Å². The average molecular weight is 324 g/mol. The number of likely N-dealkylation sites (N-methyl/N-ethyl adjacent to an activating group) is 1. The molecule has 0 spiro atoms. The summed E-state index contributed by atoms with van der Waals surface area (Å²) in [7, 11) is 2.12. The van der Waals surface area contributed by atoms with Crippen molar-refractivity contribution in [1.82, 2.24) is 4.90 Å². The molecule has 1 N–H and O–H groups in total. The SMILES string of the molecule is CN1CCC(Nc2ccc(Br)c(Cl)c2Cl)C1. The fraction of sp³-hybridized carbons (Fsp3) is 0.455. The highest BCUT2D eigenvalue weighted by Crippen LogP contribution is 2.36. The zero-order valence-corrected chi connectivity index (χ0v) is 12.0. The van der Waals surface area contributed by atoms with E-state index in [1.165, 1.54) is 0 Å². The van der Waals surface area contributed by atoms with Crippen molar-refractivity contribution in [3.63, 3.8) is 0 Å². The smallest absolute Gasteiger partial charge is 0.0835 e. The largest absolute Gasteiger partial charge is 0.380 e. The van der Waals surface area contributed by atoms with Gasteiger partial charge in [0, 0.05) is 17.1 Å². The Morgan fingerprint density at radius 1 is 1.38 bits per heavy atom. The normalized spacial score (nSPS) is 21.4. The molecule has 5 heteroatoms. The van der Waals surface area contributed by atoms with Gasteiger partial charge in [0.05, 0.1) is 15.7 Å². The monoisotopic (exact) mass is 322 g/mol. The van der Waals surface area contributed by atoms with Crippen LogP contribution in [0, 0.1) is 0 Å². The maximum absolute atomic E-state index is 6.18. The highest BCUT2D eigenvalue weighted by atomic mass is 79.9. The molecule has 1 aromatic rings. The number of hydrogen-bond acceptors (Lipinski definition) is 2. The summed E-state index contributed by atoms with van der Waals surface area (Å²) in [5.41, 5.74) is 0.912. The number of halogens is 3. The molecule has 1 saturated heterocycles. The van der Waals surface area contributed by atoms with Crippen molar-refractivity contribution in [3.8, 4) is 0 Å². The van der Waals surface area contributed by atoms with Gasteiger partial charge in [-0.15, -0.1) is 0 Å². The van der Waals surface area contributed by atoms with Crippen molar-refractivity contribution in [2.24, 2.45) is 0 Å². The topological polar surface area (TPSA) is 15.3 Å². The summed E-state index contributed by atoms with van der Waals surface area (Å²) in [6.45, 7) is 2.17. The fourth-order valence-corrected chi connectivity index (χ4v) is 2.74.